The molecule has 136 valence electrons. The van der Waals surface area contributed by atoms with Gasteiger partial charge < -0.3 is 15.3 Å². The second-order valence-corrected chi connectivity index (χ2v) is 4.65. The van der Waals surface area contributed by atoms with E-state index in [1.807, 2.05) is 0 Å². The Morgan fingerprint density at radius 2 is 1.46 bits per heavy atom. The zero-order valence-electron chi connectivity index (χ0n) is 12.9. The molecular weight excluding hydrogens is 352 g/mol. The third-order valence-electron chi connectivity index (χ3n) is 3.01. The highest BCUT2D eigenvalue weighted by molar-refractivity contribution is 6.04. The fourth-order valence-corrected chi connectivity index (χ4v) is 1.82. The number of non-ortho nitro benzene ring substituents is 1. The molecule has 2 aromatic carbocycles. The standard InChI is InChI=1S/C8H5NO6.C7H7NO3/c10-7(11)4-2-1-3-5(9(14)15)6(4)8(12)13;9-5-6-1-3-7(4-2-6)8(10)11/h1-3H,(H,10,11)(H,12,13);1-4,9H,5H2. The summed E-state index contributed by atoms with van der Waals surface area (Å²) >= 11 is 0. The average molecular weight is 364 g/mol. The number of nitro benzene ring substituents is 2. The minimum absolute atomic E-state index is 0.0437. The maximum Gasteiger partial charge on any atom is 0.343 e. The molecule has 0 atom stereocenters. The van der Waals surface area contributed by atoms with Gasteiger partial charge in [-0.1, -0.05) is 6.07 Å². The number of carboxylic acids is 2. The van der Waals surface area contributed by atoms with Crippen molar-refractivity contribution in [1.29, 1.82) is 0 Å². The smallest absolute Gasteiger partial charge is 0.343 e. The largest absolute Gasteiger partial charge is 0.478 e. The third-order valence-corrected chi connectivity index (χ3v) is 3.01. The summed E-state index contributed by atoms with van der Waals surface area (Å²) in [5.74, 6) is -3.16. The quantitative estimate of drug-likeness (QED) is 0.528. The van der Waals surface area contributed by atoms with Gasteiger partial charge in [0.15, 0.2) is 5.56 Å². The van der Waals surface area contributed by atoms with E-state index in [1.165, 1.54) is 24.3 Å². The van der Waals surface area contributed by atoms with E-state index < -0.39 is 38.6 Å². The molecule has 0 fully saturated rings. The number of benzene rings is 2. The fourth-order valence-electron chi connectivity index (χ4n) is 1.82. The van der Waals surface area contributed by atoms with Gasteiger partial charge in [-0.3, -0.25) is 20.2 Å². The average Bonchev–Trinajstić information content (AvgIpc) is 2.61. The molecule has 11 heteroatoms. The first-order valence-corrected chi connectivity index (χ1v) is 6.77. The van der Waals surface area contributed by atoms with Crippen LogP contribution in [0.25, 0.3) is 0 Å². The summed E-state index contributed by atoms with van der Waals surface area (Å²) in [4.78, 5) is 40.5. The number of carboxylic acid groups (broad SMARTS) is 2. The van der Waals surface area contributed by atoms with E-state index in [-0.39, 0.29) is 12.3 Å². The summed E-state index contributed by atoms with van der Waals surface area (Å²) in [5.41, 5.74) is -1.42. The van der Waals surface area contributed by atoms with E-state index in [1.54, 1.807) is 0 Å². The summed E-state index contributed by atoms with van der Waals surface area (Å²) in [5, 5.41) is 46.5. The van der Waals surface area contributed by atoms with Crippen LogP contribution >= 0.6 is 0 Å². The van der Waals surface area contributed by atoms with Gasteiger partial charge in [-0.25, -0.2) is 9.59 Å². The monoisotopic (exact) mass is 364 g/mol. The van der Waals surface area contributed by atoms with Crippen LogP contribution in [0, 0.1) is 20.2 Å². The predicted octanol–water partition coefficient (Wildman–Crippen LogP) is 2.08. The second-order valence-electron chi connectivity index (χ2n) is 4.65. The number of hydrogen-bond donors (Lipinski definition) is 3. The lowest BCUT2D eigenvalue weighted by Gasteiger charge is -2.01. The van der Waals surface area contributed by atoms with Crippen LogP contribution in [-0.2, 0) is 6.61 Å². The first kappa shape index (κ1) is 20.2. The highest BCUT2D eigenvalue weighted by Gasteiger charge is 2.26. The molecule has 0 bridgehead atoms. The summed E-state index contributed by atoms with van der Waals surface area (Å²) in [6.07, 6.45) is 0. The molecule has 0 aromatic heterocycles. The Balaban J connectivity index is 0.000000273. The van der Waals surface area contributed by atoms with Crippen molar-refractivity contribution >= 4 is 23.3 Å². The minimum Gasteiger partial charge on any atom is -0.478 e. The Morgan fingerprint density at radius 3 is 1.85 bits per heavy atom. The van der Waals surface area contributed by atoms with Crippen molar-refractivity contribution in [1.82, 2.24) is 0 Å². The first-order chi connectivity index (χ1) is 12.2. The number of hydrogen-bond acceptors (Lipinski definition) is 7. The maximum absolute atomic E-state index is 10.7. The van der Waals surface area contributed by atoms with Gasteiger partial charge in [-0.2, -0.15) is 0 Å². The molecule has 0 aliphatic rings. The third kappa shape index (κ3) is 5.07. The van der Waals surface area contributed by atoms with Crippen molar-refractivity contribution in [3.63, 3.8) is 0 Å². The molecule has 11 nitrogen and oxygen atoms in total. The number of aliphatic hydroxyl groups is 1. The molecular formula is C15H12N2O9. The van der Waals surface area contributed by atoms with Gasteiger partial charge in [-0.15, -0.1) is 0 Å². The van der Waals surface area contributed by atoms with Crippen LogP contribution < -0.4 is 0 Å². The van der Waals surface area contributed by atoms with Gasteiger partial charge in [0.2, 0.25) is 0 Å². The van der Waals surface area contributed by atoms with Crippen molar-refractivity contribution < 1.29 is 34.8 Å². The van der Waals surface area contributed by atoms with Gasteiger partial charge in [0, 0.05) is 18.2 Å². The van der Waals surface area contributed by atoms with Crippen LogP contribution in [-0.4, -0.2) is 37.1 Å². The number of aromatic carboxylic acids is 2. The molecule has 0 spiro atoms. The summed E-state index contributed by atoms with van der Waals surface area (Å²) in [6, 6.07) is 8.84. The lowest BCUT2D eigenvalue weighted by Crippen LogP contribution is -2.10. The van der Waals surface area contributed by atoms with Crippen molar-refractivity contribution in [3.8, 4) is 0 Å². The highest BCUT2D eigenvalue weighted by Crippen LogP contribution is 2.22. The molecule has 0 radical (unpaired) electrons. The van der Waals surface area contributed by atoms with Crippen molar-refractivity contribution in [3.05, 3.63) is 79.4 Å². The zero-order chi connectivity index (χ0) is 19.9. The van der Waals surface area contributed by atoms with Gasteiger partial charge in [0.1, 0.15) is 0 Å². The van der Waals surface area contributed by atoms with Crippen molar-refractivity contribution in [2.24, 2.45) is 0 Å². The molecule has 3 N–H and O–H groups in total. The van der Waals surface area contributed by atoms with Crippen LogP contribution in [0.2, 0.25) is 0 Å². The van der Waals surface area contributed by atoms with E-state index in [9.17, 15) is 29.8 Å². The Labute approximate surface area is 145 Å². The van der Waals surface area contributed by atoms with E-state index in [2.05, 4.69) is 0 Å². The summed E-state index contributed by atoms with van der Waals surface area (Å²) in [6.45, 7) is -0.0853. The molecule has 0 saturated heterocycles. The normalized spacial score (nSPS) is 9.58. The molecule has 0 saturated carbocycles. The Morgan fingerprint density at radius 1 is 0.885 bits per heavy atom. The van der Waals surface area contributed by atoms with E-state index in [0.717, 1.165) is 18.2 Å². The van der Waals surface area contributed by atoms with Crippen LogP contribution in [0.3, 0.4) is 0 Å². The Bertz CT molecular complexity index is 814. The molecule has 26 heavy (non-hydrogen) atoms. The zero-order valence-corrected chi connectivity index (χ0v) is 12.9. The number of carbonyl (C=O) groups is 2. The van der Waals surface area contributed by atoms with Gasteiger partial charge in [0.25, 0.3) is 11.4 Å². The molecule has 0 unspecified atom stereocenters. The topological polar surface area (TPSA) is 181 Å². The Kier molecular flexibility index (Phi) is 6.87. The molecule has 2 aromatic rings. The van der Waals surface area contributed by atoms with Crippen molar-refractivity contribution in [2.75, 3.05) is 0 Å². The molecule has 0 heterocycles. The van der Waals surface area contributed by atoms with Crippen molar-refractivity contribution in [2.45, 2.75) is 6.61 Å². The van der Waals surface area contributed by atoms with Crippen LogP contribution in [0.1, 0.15) is 26.3 Å². The lowest BCUT2D eigenvalue weighted by molar-refractivity contribution is -0.385. The molecule has 0 aliphatic heterocycles. The SMILES string of the molecule is O=C(O)c1cccc([N+](=O)[O-])c1C(=O)O.O=[N+]([O-])c1ccc(CO)cc1. The Hall–Kier alpha value is -3.86. The van der Waals surface area contributed by atoms with Gasteiger partial charge in [-0.05, 0) is 23.8 Å². The number of rotatable bonds is 5. The predicted molar refractivity (Wildman–Crippen MR) is 86.0 cm³/mol. The van der Waals surface area contributed by atoms with Crippen LogP contribution in [0.4, 0.5) is 11.4 Å². The lowest BCUT2D eigenvalue weighted by atomic mass is 10.1. The van der Waals surface area contributed by atoms with E-state index >= 15 is 0 Å². The summed E-state index contributed by atoms with van der Waals surface area (Å²) in [7, 11) is 0. The van der Waals surface area contributed by atoms with Crippen LogP contribution in [0.15, 0.2) is 42.5 Å². The van der Waals surface area contributed by atoms with Crippen LogP contribution in [0.5, 0.6) is 0 Å². The van der Waals surface area contributed by atoms with E-state index in [4.69, 9.17) is 15.3 Å². The summed E-state index contributed by atoms with van der Waals surface area (Å²) < 4.78 is 0. The fraction of sp³-hybridized carbons (Fsp3) is 0.0667. The highest BCUT2D eigenvalue weighted by atomic mass is 16.6. The maximum atomic E-state index is 10.7. The van der Waals surface area contributed by atoms with E-state index in [0.29, 0.717) is 5.56 Å². The first-order valence-electron chi connectivity index (χ1n) is 6.77. The van der Waals surface area contributed by atoms with Gasteiger partial charge >= 0.3 is 11.9 Å². The number of nitrogens with zero attached hydrogens (tertiary/aromatic N) is 2. The molecule has 0 aliphatic carbocycles. The minimum atomic E-state index is -1.64. The second kappa shape index (κ2) is 8.84. The number of nitro groups is 2. The molecule has 2 rings (SSSR count). The van der Waals surface area contributed by atoms with Gasteiger partial charge in [0.05, 0.1) is 22.0 Å². The molecule has 0 amide bonds. The number of aliphatic hydroxyl groups excluding tert-OH is 1.